The number of anilines is 1. The lowest BCUT2D eigenvalue weighted by Gasteiger charge is -2.21. The number of hydrogen-bond acceptors (Lipinski definition) is 5. The monoisotopic (exact) mass is 363 g/mol. The zero-order valence-corrected chi connectivity index (χ0v) is 16.7. The molecule has 1 aromatic carbocycles. The van der Waals surface area contributed by atoms with Crippen LogP contribution in [-0.2, 0) is 14.3 Å². The number of Topliss-reactive ketones (excluding diaryl/α,β-unsaturated/α-hetero) is 1. The molecule has 0 bridgehead atoms. The van der Waals surface area contributed by atoms with E-state index in [0.717, 1.165) is 5.56 Å². The van der Waals surface area contributed by atoms with E-state index in [1.165, 1.54) is 0 Å². The average molecular weight is 363 g/mol. The summed E-state index contributed by atoms with van der Waals surface area (Å²) in [6.45, 7) is 12.5. The summed E-state index contributed by atoms with van der Waals surface area (Å²) >= 11 is 0. The molecule has 144 valence electrons. The van der Waals surface area contributed by atoms with Crippen LogP contribution in [0.3, 0.4) is 0 Å². The largest absolute Gasteiger partial charge is 0.460 e. The topological polar surface area (TPSA) is 81.7 Å². The van der Waals surface area contributed by atoms with Gasteiger partial charge in [-0.3, -0.25) is 14.9 Å². The molecule has 0 saturated heterocycles. The number of esters is 1. The maximum atomic E-state index is 12.5. The number of ketones is 1. The summed E-state index contributed by atoms with van der Waals surface area (Å²) in [7, 11) is 0. The average Bonchev–Trinajstić information content (AvgIpc) is 2.41. The molecule has 0 aliphatic heterocycles. The van der Waals surface area contributed by atoms with Crippen LogP contribution in [0.25, 0.3) is 0 Å². The normalized spacial score (nSPS) is 11.7. The third kappa shape index (κ3) is 8.14. The Labute approximate surface area is 155 Å². The Morgan fingerprint density at radius 2 is 1.50 bits per heavy atom. The summed E-state index contributed by atoms with van der Waals surface area (Å²) < 4.78 is 10.4. The zero-order chi connectivity index (χ0) is 20.1. The zero-order valence-electron chi connectivity index (χ0n) is 16.7. The Morgan fingerprint density at radius 1 is 0.923 bits per heavy atom. The lowest BCUT2D eigenvalue weighted by atomic mass is 10.0. The van der Waals surface area contributed by atoms with Crippen LogP contribution < -0.4 is 5.32 Å². The molecule has 1 rings (SSSR count). The number of hydrogen-bond donors (Lipinski definition) is 1. The molecule has 0 aliphatic rings. The van der Waals surface area contributed by atoms with Gasteiger partial charge < -0.3 is 9.47 Å². The highest BCUT2D eigenvalue weighted by molar-refractivity contribution is 6.04. The van der Waals surface area contributed by atoms with Gasteiger partial charge >= 0.3 is 12.1 Å². The van der Waals surface area contributed by atoms with E-state index < -0.39 is 23.3 Å². The number of rotatable bonds is 5. The highest BCUT2D eigenvalue weighted by Gasteiger charge is 2.21. The maximum Gasteiger partial charge on any atom is 0.412 e. The van der Waals surface area contributed by atoms with Gasteiger partial charge in [0.1, 0.15) is 11.2 Å². The minimum atomic E-state index is -0.644. The smallest absolute Gasteiger partial charge is 0.412 e. The number of aryl methyl sites for hydroxylation is 1. The van der Waals surface area contributed by atoms with Crippen molar-refractivity contribution in [1.82, 2.24) is 0 Å². The van der Waals surface area contributed by atoms with Gasteiger partial charge in [-0.05, 0) is 66.2 Å². The second kappa shape index (κ2) is 8.34. The van der Waals surface area contributed by atoms with E-state index in [1.54, 1.807) is 59.7 Å². The van der Waals surface area contributed by atoms with Crippen LogP contribution in [0.2, 0.25) is 0 Å². The summed E-state index contributed by atoms with van der Waals surface area (Å²) in [5, 5.41) is 2.62. The van der Waals surface area contributed by atoms with Gasteiger partial charge in [-0.1, -0.05) is 6.07 Å². The summed E-state index contributed by atoms with van der Waals surface area (Å²) in [4.78, 5) is 36.3. The molecule has 1 N–H and O–H groups in total. The molecule has 0 atom stereocenters. The first-order chi connectivity index (χ1) is 11.8. The molecule has 6 nitrogen and oxygen atoms in total. The Balaban J connectivity index is 2.84. The first-order valence-electron chi connectivity index (χ1n) is 8.62. The molecule has 0 radical (unpaired) electrons. The summed E-state index contributed by atoms with van der Waals surface area (Å²) in [5.41, 5.74) is 0.362. The van der Waals surface area contributed by atoms with E-state index in [9.17, 15) is 14.4 Å². The van der Waals surface area contributed by atoms with Crippen molar-refractivity contribution in [2.75, 3.05) is 5.32 Å². The van der Waals surface area contributed by atoms with Crippen LogP contribution in [0, 0.1) is 6.92 Å². The van der Waals surface area contributed by atoms with E-state index >= 15 is 0 Å². The van der Waals surface area contributed by atoms with Crippen molar-refractivity contribution < 1.29 is 23.9 Å². The fraction of sp³-hybridized carbons (Fsp3) is 0.550. The summed E-state index contributed by atoms with van der Waals surface area (Å²) in [5.74, 6) is -0.679. The summed E-state index contributed by atoms with van der Waals surface area (Å²) in [6.07, 6.45) is -0.652. The van der Waals surface area contributed by atoms with Crippen LogP contribution in [0.5, 0.6) is 0 Å². The van der Waals surface area contributed by atoms with Crippen molar-refractivity contribution in [1.29, 1.82) is 0 Å². The van der Waals surface area contributed by atoms with Gasteiger partial charge in [0, 0.05) is 12.0 Å². The SMILES string of the molecule is Cc1ccc(C(=O)CCC(=O)OC(C)(C)C)c(NC(=O)OC(C)(C)C)c1. The number of amides is 1. The third-order valence-corrected chi connectivity index (χ3v) is 3.09. The minimum absolute atomic E-state index is 0.000965. The van der Waals surface area contributed by atoms with Gasteiger partial charge in [-0.25, -0.2) is 4.79 Å². The lowest BCUT2D eigenvalue weighted by Crippen LogP contribution is -2.28. The third-order valence-electron chi connectivity index (χ3n) is 3.09. The van der Waals surface area contributed by atoms with Crippen molar-refractivity contribution in [3.05, 3.63) is 29.3 Å². The van der Waals surface area contributed by atoms with Crippen LogP contribution in [0.1, 0.15) is 70.3 Å². The predicted octanol–water partition coefficient (Wildman–Crippen LogP) is 4.65. The number of nitrogens with one attached hydrogen (secondary N) is 1. The molecule has 0 heterocycles. The van der Waals surface area contributed by atoms with Crippen molar-refractivity contribution >= 4 is 23.5 Å². The van der Waals surface area contributed by atoms with Crippen LogP contribution in [-0.4, -0.2) is 29.0 Å². The van der Waals surface area contributed by atoms with Gasteiger partial charge in [0.2, 0.25) is 0 Å². The molecule has 0 saturated carbocycles. The van der Waals surface area contributed by atoms with Gasteiger partial charge in [-0.2, -0.15) is 0 Å². The van der Waals surface area contributed by atoms with Crippen molar-refractivity contribution in [3.8, 4) is 0 Å². The van der Waals surface area contributed by atoms with Gasteiger partial charge in [-0.15, -0.1) is 0 Å². The molecule has 0 aliphatic carbocycles. The van der Waals surface area contributed by atoms with Crippen LogP contribution in [0.15, 0.2) is 18.2 Å². The fourth-order valence-electron chi connectivity index (χ4n) is 2.16. The Kier molecular flexibility index (Phi) is 6.95. The van der Waals surface area contributed by atoms with Crippen molar-refractivity contribution in [3.63, 3.8) is 0 Å². The molecular weight excluding hydrogens is 334 g/mol. The number of carbonyl (C=O) groups is 3. The Morgan fingerprint density at radius 3 is 2.04 bits per heavy atom. The quantitative estimate of drug-likeness (QED) is 0.608. The number of carbonyl (C=O) groups excluding carboxylic acids is 3. The summed E-state index contributed by atoms with van der Waals surface area (Å²) in [6, 6.07) is 5.12. The highest BCUT2D eigenvalue weighted by atomic mass is 16.6. The molecular formula is C20H29NO5. The van der Waals surface area contributed by atoms with Gasteiger partial charge in [0.25, 0.3) is 0 Å². The standard InChI is InChI=1S/C20H29NO5/c1-13-8-9-14(15(12-13)21-18(24)26-20(5,6)7)16(22)10-11-17(23)25-19(2,3)4/h8-9,12H,10-11H2,1-7H3,(H,21,24). The van der Waals surface area contributed by atoms with Crippen LogP contribution >= 0.6 is 0 Å². The molecule has 26 heavy (non-hydrogen) atoms. The van der Waals surface area contributed by atoms with E-state index in [0.29, 0.717) is 11.3 Å². The molecule has 0 unspecified atom stereocenters. The van der Waals surface area contributed by atoms with E-state index in [1.807, 2.05) is 6.92 Å². The maximum absolute atomic E-state index is 12.5. The number of benzene rings is 1. The minimum Gasteiger partial charge on any atom is -0.460 e. The second-order valence-electron chi connectivity index (χ2n) is 8.19. The van der Waals surface area contributed by atoms with Gasteiger partial charge in [0.05, 0.1) is 12.1 Å². The molecule has 0 spiro atoms. The molecule has 0 fully saturated rings. The van der Waals surface area contributed by atoms with E-state index in [-0.39, 0.29) is 18.6 Å². The van der Waals surface area contributed by atoms with Gasteiger partial charge in [0.15, 0.2) is 5.78 Å². The van der Waals surface area contributed by atoms with E-state index in [2.05, 4.69) is 5.32 Å². The Bertz CT molecular complexity index is 680. The van der Waals surface area contributed by atoms with E-state index in [4.69, 9.17) is 9.47 Å². The second-order valence-corrected chi connectivity index (χ2v) is 8.19. The van der Waals surface area contributed by atoms with Crippen molar-refractivity contribution in [2.45, 2.75) is 72.5 Å². The molecule has 6 heteroatoms. The molecule has 1 amide bonds. The first kappa shape index (κ1) is 21.7. The molecule has 1 aromatic rings. The predicted molar refractivity (Wildman–Crippen MR) is 100 cm³/mol. The fourth-order valence-corrected chi connectivity index (χ4v) is 2.16. The van der Waals surface area contributed by atoms with Crippen molar-refractivity contribution in [2.24, 2.45) is 0 Å². The van der Waals surface area contributed by atoms with Crippen LogP contribution in [0.4, 0.5) is 10.5 Å². The lowest BCUT2D eigenvalue weighted by molar-refractivity contribution is -0.154. The Hall–Kier alpha value is -2.37. The highest BCUT2D eigenvalue weighted by Crippen LogP contribution is 2.21. The molecule has 0 aromatic heterocycles. The first-order valence-corrected chi connectivity index (χ1v) is 8.62. The number of ether oxygens (including phenoxy) is 2.